The van der Waals surface area contributed by atoms with Crippen molar-refractivity contribution in [3.05, 3.63) is 87.2 Å². The molecule has 0 amide bonds. The van der Waals surface area contributed by atoms with E-state index in [4.69, 9.17) is 15.0 Å². The molecule has 3 nitrogen and oxygen atoms in total. The van der Waals surface area contributed by atoms with Crippen LogP contribution in [-0.2, 0) is 0 Å². The first-order valence-electron chi connectivity index (χ1n) is 25.2. The molecule has 6 fully saturated rings. The highest BCUT2D eigenvalue weighted by Crippen LogP contribution is 2.49. The number of pyridine rings is 1. The van der Waals surface area contributed by atoms with E-state index in [2.05, 4.69) is 54.9 Å². The van der Waals surface area contributed by atoms with Gasteiger partial charge in [-0.05, 0) is 158 Å². The third kappa shape index (κ3) is 9.76. The van der Waals surface area contributed by atoms with Gasteiger partial charge in [-0.2, -0.15) is 0 Å². The zero-order chi connectivity index (χ0) is 38.9. The normalized spacial score (nSPS) is 23.3. The van der Waals surface area contributed by atoms with Gasteiger partial charge in [0.1, 0.15) is 0 Å². The van der Waals surface area contributed by atoms with E-state index in [1.54, 1.807) is 33.4 Å². The molecule has 3 heteroatoms. The summed E-state index contributed by atoms with van der Waals surface area (Å²) in [5.41, 5.74) is 14.1. The van der Waals surface area contributed by atoms with Crippen molar-refractivity contribution in [3.63, 3.8) is 0 Å². The number of nitrogens with zero attached hydrogens (tertiary/aromatic N) is 3. The fourth-order valence-corrected chi connectivity index (χ4v) is 12.8. The molecule has 1 aromatic heterocycles. The maximum Gasteiger partial charge on any atom is 0.0820 e. The van der Waals surface area contributed by atoms with Gasteiger partial charge in [0, 0.05) is 0 Å². The Morgan fingerprint density at radius 1 is 0.345 bits per heavy atom. The molecule has 2 aromatic carbocycles. The minimum absolute atomic E-state index is 0.638. The number of benzene rings is 2. The van der Waals surface area contributed by atoms with Gasteiger partial charge < -0.3 is 0 Å². The minimum atomic E-state index is 0.638. The van der Waals surface area contributed by atoms with Crippen molar-refractivity contribution in [2.24, 2.45) is 9.98 Å². The van der Waals surface area contributed by atoms with E-state index in [1.165, 1.54) is 204 Å². The number of hydrogen-bond donors (Lipinski definition) is 0. The molecule has 6 aliphatic rings. The van der Waals surface area contributed by atoms with Crippen LogP contribution in [0.25, 0.3) is 0 Å². The Balaban J connectivity index is 1.07. The summed E-state index contributed by atoms with van der Waals surface area (Å²) < 4.78 is 0. The smallest absolute Gasteiger partial charge is 0.0820 e. The van der Waals surface area contributed by atoms with Crippen LogP contribution in [0.15, 0.2) is 52.4 Å². The van der Waals surface area contributed by atoms with Crippen LogP contribution in [-0.4, -0.2) is 17.4 Å². The lowest BCUT2D eigenvalue weighted by Gasteiger charge is -2.31. The lowest BCUT2D eigenvalue weighted by molar-refractivity contribution is 0.428. The van der Waals surface area contributed by atoms with Crippen molar-refractivity contribution in [1.82, 2.24) is 4.98 Å². The second kappa shape index (κ2) is 20.0. The molecule has 0 aliphatic heterocycles. The quantitative estimate of drug-likeness (QED) is 0.189. The first-order valence-corrected chi connectivity index (χ1v) is 25.2. The molecule has 310 valence electrons. The van der Waals surface area contributed by atoms with Gasteiger partial charge in [-0.25, -0.2) is 4.98 Å². The summed E-state index contributed by atoms with van der Waals surface area (Å²) in [4.78, 5) is 16.3. The molecule has 0 unspecified atom stereocenters. The largest absolute Gasteiger partial charge is 0.254 e. The topological polar surface area (TPSA) is 37.6 Å². The van der Waals surface area contributed by atoms with E-state index in [9.17, 15) is 0 Å². The van der Waals surface area contributed by atoms with Gasteiger partial charge in [-0.1, -0.05) is 146 Å². The molecular weight excluding hydrogens is 703 g/mol. The second-order valence-electron chi connectivity index (χ2n) is 20.1. The molecule has 1 heterocycles. The average molecular weight is 778 g/mol. The summed E-state index contributed by atoms with van der Waals surface area (Å²) in [6, 6.07) is 17.2. The van der Waals surface area contributed by atoms with Crippen LogP contribution in [0.1, 0.15) is 273 Å². The van der Waals surface area contributed by atoms with Crippen LogP contribution in [0.4, 0.5) is 11.4 Å². The van der Waals surface area contributed by atoms with E-state index in [-0.39, 0.29) is 0 Å². The lowest BCUT2D eigenvalue weighted by Crippen LogP contribution is -2.13. The molecule has 6 aliphatic carbocycles. The molecule has 6 saturated carbocycles. The highest BCUT2D eigenvalue weighted by molar-refractivity contribution is 5.85. The highest BCUT2D eigenvalue weighted by Gasteiger charge is 2.30. The van der Waals surface area contributed by atoms with Gasteiger partial charge in [0.25, 0.3) is 0 Å². The molecular formula is C55H75N3. The second-order valence-corrected chi connectivity index (χ2v) is 20.1. The molecule has 58 heavy (non-hydrogen) atoms. The fourth-order valence-electron chi connectivity index (χ4n) is 12.8. The fraction of sp³-hybridized carbons (Fsp3) is 0.655. The number of hydrogen-bond acceptors (Lipinski definition) is 3. The summed E-state index contributed by atoms with van der Waals surface area (Å²) in [6.07, 6.45) is 45.1. The molecule has 0 spiro atoms. The minimum Gasteiger partial charge on any atom is -0.254 e. The Morgan fingerprint density at radius 3 is 0.879 bits per heavy atom. The third-order valence-corrected chi connectivity index (χ3v) is 16.2. The van der Waals surface area contributed by atoms with E-state index in [0.29, 0.717) is 23.7 Å². The zero-order valence-electron chi connectivity index (χ0n) is 36.2. The Morgan fingerprint density at radius 2 is 0.603 bits per heavy atom. The molecule has 0 atom stereocenters. The van der Waals surface area contributed by atoms with Crippen molar-refractivity contribution in [3.8, 4) is 0 Å². The Hall–Kier alpha value is -3.07. The molecule has 0 N–H and O–H groups in total. The molecule has 0 bridgehead atoms. The van der Waals surface area contributed by atoms with Crippen molar-refractivity contribution in [2.75, 3.05) is 0 Å². The summed E-state index contributed by atoms with van der Waals surface area (Å²) in [7, 11) is 0. The van der Waals surface area contributed by atoms with Crippen LogP contribution < -0.4 is 0 Å². The predicted octanol–water partition coefficient (Wildman–Crippen LogP) is 16.9. The highest BCUT2D eigenvalue weighted by atomic mass is 14.8. The van der Waals surface area contributed by atoms with Crippen LogP contribution in [0.2, 0.25) is 0 Å². The van der Waals surface area contributed by atoms with Crippen molar-refractivity contribution in [1.29, 1.82) is 0 Å². The maximum atomic E-state index is 5.55. The van der Waals surface area contributed by atoms with Gasteiger partial charge in [-0.15, -0.1) is 0 Å². The SMILES string of the molecule is C(=Nc1c(C2CCCCC2)cc(C2CCCCC2)cc1C1CCCCC1)c1cccc(C=Nc2c(C3CCCCC3)cc(C3CCCCC3)cc2C2CCCCC2)n1. The standard InChI is InChI=1S/C55H75N3/c1-7-20-40(21-8-1)46-34-50(42-24-11-3-12-25-42)54(51(35-46)43-26-13-4-14-27-43)56-38-48-32-19-33-49(58-48)39-57-55-52(44-28-15-5-16-29-44)36-47(41-22-9-2-10-23-41)37-53(55)45-30-17-6-18-31-45/h19,32-45H,1-18,20-31H2. The summed E-state index contributed by atoms with van der Waals surface area (Å²) in [6.45, 7) is 0. The van der Waals surface area contributed by atoms with Crippen molar-refractivity contribution < 1.29 is 0 Å². The van der Waals surface area contributed by atoms with E-state index in [0.717, 1.165) is 23.2 Å². The van der Waals surface area contributed by atoms with Crippen LogP contribution in [0.5, 0.6) is 0 Å². The van der Waals surface area contributed by atoms with E-state index >= 15 is 0 Å². The van der Waals surface area contributed by atoms with E-state index < -0.39 is 0 Å². The maximum absolute atomic E-state index is 5.55. The lowest BCUT2D eigenvalue weighted by atomic mass is 9.75. The Bertz CT molecular complexity index is 1620. The van der Waals surface area contributed by atoms with Gasteiger partial charge in [0.05, 0.1) is 35.2 Å². The Kier molecular flexibility index (Phi) is 13.9. The summed E-state index contributed by atoms with van der Waals surface area (Å²) in [5, 5.41) is 0. The first-order chi connectivity index (χ1) is 28.8. The molecule has 9 rings (SSSR count). The van der Waals surface area contributed by atoms with Gasteiger partial charge in [-0.3, -0.25) is 9.98 Å². The summed E-state index contributed by atoms with van der Waals surface area (Å²) >= 11 is 0. The Labute approximate surface area is 352 Å². The van der Waals surface area contributed by atoms with E-state index in [1.807, 2.05) is 0 Å². The average Bonchev–Trinajstić information content (AvgIpc) is 3.31. The van der Waals surface area contributed by atoms with Crippen molar-refractivity contribution in [2.45, 2.75) is 228 Å². The number of rotatable bonds is 10. The van der Waals surface area contributed by atoms with Gasteiger partial charge >= 0.3 is 0 Å². The molecule has 0 saturated heterocycles. The third-order valence-electron chi connectivity index (χ3n) is 16.2. The number of aliphatic imine (C=N–C) groups is 2. The predicted molar refractivity (Wildman–Crippen MR) is 247 cm³/mol. The number of aromatic nitrogens is 1. The first kappa shape index (κ1) is 40.3. The van der Waals surface area contributed by atoms with Crippen LogP contribution >= 0.6 is 0 Å². The van der Waals surface area contributed by atoms with Crippen LogP contribution in [0.3, 0.4) is 0 Å². The van der Waals surface area contributed by atoms with Gasteiger partial charge in [0.15, 0.2) is 0 Å². The van der Waals surface area contributed by atoms with Gasteiger partial charge in [0.2, 0.25) is 0 Å². The summed E-state index contributed by atoms with van der Waals surface area (Å²) in [5.74, 6) is 4.02. The zero-order valence-corrected chi connectivity index (χ0v) is 36.2. The molecule has 0 radical (unpaired) electrons. The van der Waals surface area contributed by atoms with Crippen LogP contribution in [0, 0.1) is 0 Å². The van der Waals surface area contributed by atoms with Crippen molar-refractivity contribution >= 4 is 23.8 Å². The monoisotopic (exact) mass is 778 g/mol. The molecule has 3 aromatic rings.